The molecule has 0 bridgehead atoms. The highest BCUT2D eigenvalue weighted by atomic mass is 35.5. The third kappa shape index (κ3) is 9.11. The molecule has 46 heavy (non-hydrogen) atoms. The average molecular weight is 662 g/mol. The van der Waals surface area contributed by atoms with Gasteiger partial charge in [-0.15, -0.1) is 0 Å². The van der Waals surface area contributed by atoms with Crippen LogP contribution < -0.4 is 14.4 Å². The fraction of sp³-hybridized carbons (Fsp3) is 0.278. The van der Waals surface area contributed by atoms with Gasteiger partial charge in [0.05, 0.1) is 17.7 Å². The molecule has 1 unspecified atom stereocenters. The number of hydrogen-bond donors (Lipinski definition) is 1. The summed E-state index contributed by atoms with van der Waals surface area (Å²) in [5.41, 5.74) is 2.96. The first-order valence-corrected chi connectivity index (χ1v) is 17.0. The quantitative estimate of drug-likeness (QED) is 0.149. The van der Waals surface area contributed by atoms with Gasteiger partial charge >= 0.3 is 0 Å². The van der Waals surface area contributed by atoms with Crippen LogP contribution in [-0.2, 0) is 32.6 Å². The molecule has 0 aliphatic heterocycles. The van der Waals surface area contributed by atoms with Crippen LogP contribution in [0.3, 0.4) is 0 Å². The number of hydrogen-bond acceptors (Lipinski definition) is 5. The van der Waals surface area contributed by atoms with Crippen molar-refractivity contribution in [3.63, 3.8) is 0 Å². The van der Waals surface area contributed by atoms with Crippen molar-refractivity contribution in [3.8, 4) is 5.75 Å². The summed E-state index contributed by atoms with van der Waals surface area (Å²) in [6, 6.07) is 28.5. The van der Waals surface area contributed by atoms with Crippen LogP contribution in [0, 0.1) is 6.92 Å². The van der Waals surface area contributed by atoms with Gasteiger partial charge in [0.25, 0.3) is 10.0 Å². The second kappa shape index (κ2) is 16.3. The van der Waals surface area contributed by atoms with Gasteiger partial charge in [-0.05, 0) is 73.0 Å². The third-order valence-corrected chi connectivity index (χ3v) is 9.62. The Morgan fingerprint density at radius 1 is 0.891 bits per heavy atom. The predicted octanol–water partition coefficient (Wildman–Crippen LogP) is 6.41. The first-order valence-electron chi connectivity index (χ1n) is 15.2. The smallest absolute Gasteiger partial charge is 0.264 e. The van der Waals surface area contributed by atoms with Crippen LogP contribution in [-0.4, -0.2) is 51.4 Å². The lowest BCUT2D eigenvalue weighted by Gasteiger charge is -2.34. The van der Waals surface area contributed by atoms with Crippen molar-refractivity contribution in [2.75, 3.05) is 24.5 Å². The van der Waals surface area contributed by atoms with E-state index >= 15 is 0 Å². The number of anilines is 1. The highest BCUT2D eigenvalue weighted by Gasteiger charge is 2.34. The van der Waals surface area contributed by atoms with E-state index in [2.05, 4.69) is 5.32 Å². The number of aryl methyl sites for hydroxylation is 1. The number of carbonyl (C=O) groups is 2. The largest absolute Gasteiger partial charge is 0.497 e. The molecule has 0 saturated carbocycles. The van der Waals surface area contributed by atoms with Crippen LogP contribution in [0.25, 0.3) is 0 Å². The Balaban J connectivity index is 1.78. The van der Waals surface area contributed by atoms with Gasteiger partial charge in [-0.25, -0.2) is 8.42 Å². The Bertz CT molecular complexity index is 1700. The number of carbonyl (C=O) groups excluding carboxylic acids is 2. The van der Waals surface area contributed by atoms with Crippen molar-refractivity contribution >= 4 is 39.1 Å². The topological polar surface area (TPSA) is 96.0 Å². The fourth-order valence-electron chi connectivity index (χ4n) is 5.08. The average Bonchev–Trinajstić information content (AvgIpc) is 3.06. The van der Waals surface area contributed by atoms with Crippen LogP contribution >= 0.6 is 11.6 Å². The number of benzene rings is 4. The number of rotatable bonds is 15. The maximum absolute atomic E-state index is 14.5. The van der Waals surface area contributed by atoms with Gasteiger partial charge in [-0.1, -0.05) is 85.1 Å². The van der Waals surface area contributed by atoms with E-state index in [0.717, 1.165) is 33.8 Å². The first-order chi connectivity index (χ1) is 22.1. The summed E-state index contributed by atoms with van der Waals surface area (Å²) >= 11 is 6.14. The van der Waals surface area contributed by atoms with E-state index in [-0.39, 0.29) is 29.5 Å². The van der Waals surface area contributed by atoms with Gasteiger partial charge in [-0.3, -0.25) is 13.9 Å². The number of nitrogens with zero attached hydrogens (tertiary/aromatic N) is 2. The van der Waals surface area contributed by atoms with Gasteiger partial charge in [0.15, 0.2) is 0 Å². The van der Waals surface area contributed by atoms with Crippen LogP contribution in [0.5, 0.6) is 5.75 Å². The maximum Gasteiger partial charge on any atom is 0.264 e. The molecule has 4 aromatic rings. The number of ether oxygens (including phenoxy) is 1. The molecule has 0 spiro atoms. The fourth-order valence-corrected chi connectivity index (χ4v) is 6.62. The van der Waals surface area contributed by atoms with E-state index in [0.29, 0.717) is 17.3 Å². The first kappa shape index (κ1) is 34.5. The summed E-state index contributed by atoms with van der Waals surface area (Å²) < 4.78 is 34.6. The van der Waals surface area contributed by atoms with Crippen molar-refractivity contribution < 1.29 is 22.7 Å². The molecule has 0 fully saturated rings. The van der Waals surface area contributed by atoms with E-state index in [4.69, 9.17) is 16.3 Å². The molecule has 4 aromatic carbocycles. The van der Waals surface area contributed by atoms with Crippen LogP contribution in [0.15, 0.2) is 108 Å². The van der Waals surface area contributed by atoms with E-state index in [9.17, 15) is 18.0 Å². The molecule has 0 radical (unpaired) electrons. The minimum atomic E-state index is -4.24. The van der Waals surface area contributed by atoms with Gasteiger partial charge < -0.3 is 15.0 Å². The van der Waals surface area contributed by atoms with Gasteiger partial charge in [0.1, 0.15) is 18.3 Å². The molecule has 1 atom stereocenters. The Kier molecular flexibility index (Phi) is 12.2. The molecule has 10 heteroatoms. The summed E-state index contributed by atoms with van der Waals surface area (Å²) in [6.45, 7) is 4.02. The molecule has 0 aromatic heterocycles. The Labute approximate surface area is 277 Å². The molecular weight excluding hydrogens is 622 g/mol. The predicted molar refractivity (Wildman–Crippen MR) is 183 cm³/mol. The molecule has 0 saturated heterocycles. The highest BCUT2D eigenvalue weighted by Crippen LogP contribution is 2.27. The standard InChI is InChI=1S/C36H40ClN3O5S/c1-4-5-22-38-36(42)34(24-28-11-7-6-8-12-28)39(25-29-13-9-10-27(2)23-29)35(41)26-40(31-16-14-30(37)15-17-31)46(43,44)33-20-18-32(45-3)19-21-33/h6-21,23,34H,4-5,22,24-26H2,1-3H3,(H,38,42). The summed E-state index contributed by atoms with van der Waals surface area (Å²) in [5.74, 6) is -0.329. The van der Waals surface area contributed by atoms with E-state index in [1.54, 1.807) is 36.4 Å². The number of sulfonamides is 1. The lowest BCUT2D eigenvalue weighted by Crippen LogP contribution is -2.53. The summed E-state index contributed by atoms with van der Waals surface area (Å²) in [4.78, 5) is 29.8. The monoisotopic (exact) mass is 661 g/mol. The van der Waals surface area contributed by atoms with Crippen LogP contribution in [0.1, 0.15) is 36.5 Å². The molecule has 4 rings (SSSR count). The zero-order chi connectivity index (χ0) is 33.1. The Hall–Kier alpha value is -4.34. The molecule has 0 aliphatic rings. The van der Waals surface area contributed by atoms with Crippen molar-refractivity contribution in [2.24, 2.45) is 0 Å². The Morgan fingerprint density at radius 2 is 1.57 bits per heavy atom. The molecular formula is C36H40ClN3O5S. The van der Waals surface area contributed by atoms with E-state index in [1.807, 2.05) is 68.4 Å². The molecule has 1 N–H and O–H groups in total. The number of amides is 2. The maximum atomic E-state index is 14.5. The van der Waals surface area contributed by atoms with Crippen molar-refractivity contribution in [1.29, 1.82) is 0 Å². The van der Waals surface area contributed by atoms with Crippen LogP contribution in [0.4, 0.5) is 5.69 Å². The zero-order valence-corrected chi connectivity index (χ0v) is 27.9. The summed E-state index contributed by atoms with van der Waals surface area (Å²) in [6.07, 6.45) is 1.94. The number of methoxy groups -OCH3 is 1. The SMILES string of the molecule is CCCCNC(=O)C(Cc1ccccc1)N(Cc1cccc(C)c1)C(=O)CN(c1ccc(Cl)cc1)S(=O)(=O)c1ccc(OC)cc1. The number of halogens is 1. The third-order valence-electron chi connectivity index (χ3n) is 7.58. The minimum absolute atomic E-state index is 0.0144. The van der Waals surface area contributed by atoms with E-state index in [1.165, 1.54) is 24.1 Å². The lowest BCUT2D eigenvalue weighted by atomic mass is 10.0. The van der Waals surface area contributed by atoms with E-state index < -0.39 is 28.5 Å². The second-order valence-electron chi connectivity index (χ2n) is 11.0. The van der Waals surface area contributed by atoms with Gasteiger partial charge in [-0.2, -0.15) is 0 Å². The van der Waals surface area contributed by atoms with Crippen molar-refractivity contribution in [1.82, 2.24) is 10.2 Å². The minimum Gasteiger partial charge on any atom is -0.497 e. The highest BCUT2D eigenvalue weighted by molar-refractivity contribution is 7.92. The second-order valence-corrected chi connectivity index (χ2v) is 13.3. The molecule has 0 aliphatic carbocycles. The molecule has 242 valence electrons. The van der Waals surface area contributed by atoms with Gasteiger partial charge in [0, 0.05) is 24.5 Å². The zero-order valence-electron chi connectivity index (χ0n) is 26.4. The lowest BCUT2D eigenvalue weighted by molar-refractivity contribution is -0.140. The van der Waals surface area contributed by atoms with Crippen LogP contribution in [0.2, 0.25) is 5.02 Å². The molecule has 0 heterocycles. The summed E-state index contributed by atoms with van der Waals surface area (Å²) in [7, 11) is -2.74. The number of nitrogens with one attached hydrogen (secondary N) is 1. The summed E-state index contributed by atoms with van der Waals surface area (Å²) in [5, 5.41) is 3.42. The van der Waals surface area contributed by atoms with Gasteiger partial charge in [0.2, 0.25) is 11.8 Å². The molecule has 2 amide bonds. The van der Waals surface area contributed by atoms with Crippen molar-refractivity contribution in [2.45, 2.75) is 50.6 Å². The Morgan fingerprint density at radius 3 is 2.20 bits per heavy atom. The van der Waals surface area contributed by atoms with Crippen molar-refractivity contribution in [3.05, 3.63) is 125 Å². The normalized spacial score (nSPS) is 11.8. The number of unbranched alkanes of at least 4 members (excludes halogenated alkanes) is 1. The molecule has 8 nitrogen and oxygen atoms in total.